The van der Waals surface area contributed by atoms with Crippen LogP contribution in [0.1, 0.15) is 24.2 Å². The number of hydrogen-bond acceptors (Lipinski definition) is 1. The summed E-state index contributed by atoms with van der Waals surface area (Å²) in [6, 6.07) is 16.6. The largest absolute Gasteiger partial charge is 0.389 e. The van der Waals surface area contributed by atoms with Crippen LogP contribution < -0.4 is 0 Å². The predicted molar refractivity (Wildman–Crippen MR) is 84.7 cm³/mol. The second-order valence-electron chi connectivity index (χ2n) is 5.39. The molecule has 106 valence electrons. The lowest BCUT2D eigenvalue weighted by molar-refractivity contribution is 0.199. The molecule has 0 radical (unpaired) electrons. The Morgan fingerprint density at radius 3 is 2.33 bits per heavy atom. The molecule has 0 aliphatic heterocycles. The molecule has 3 rings (SSSR count). The maximum Gasteiger partial charge on any atom is 0.123 e. The van der Waals surface area contributed by atoms with Gasteiger partial charge >= 0.3 is 0 Å². The third-order valence-electron chi connectivity index (χ3n) is 3.85. The molecule has 0 amide bonds. The summed E-state index contributed by atoms with van der Waals surface area (Å²) in [6.07, 6.45) is -0.574. The van der Waals surface area contributed by atoms with Gasteiger partial charge in [0.2, 0.25) is 0 Å². The molecule has 0 aliphatic carbocycles. The van der Waals surface area contributed by atoms with Gasteiger partial charge in [-0.05, 0) is 59.0 Å². The fraction of sp³-hybridized carbons (Fsp3) is 0.158. The minimum absolute atomic E-state index is 0.255. The lowest BCUT2D eigenvalue weighted by Crippen LogP contribution is -2.00. The van der Waals surface area contributed by atoms with Crippen LogP contribution in [-0.4, -0.2) is 5.11 Å². The van der Waals surface area contributed by atoms with Crippen molar-refractivity contribution >= 4 is 10.8 Å². The number of halogens is 1. The number of benzene rings is 3. The summed E-state index contributed by atoms with van der Waals surface area (Å²) in [5.74, 6) is -0.255. The van der Waals surface area contributed by atoms with Gasteiger partial charge in [0.1, 0.15) is 5.82 Å². The zero-order valence-electron chi connectivity index (χ0n) is 12.1. The molecule has 1 N–H and O–H groups in total. The van der Waals surface area contributed by atoms with Crippen LogP contribution in [0.3, 0.4) is 0 Å². The van der Waals surface area contributed by atoms with E-state index in [1.807, 2.05) is 25.1 Å². The standard InChI is InChI=1S/C19H17FO/c1-12-11-15-5-3-4-6-17(15)19(18(12)13(2)21)14-7-9-16(20)10-8-14/h3-11,13,21H,1-2H3. The maximum atomic E-state index is 13.2. The van der Waals surface area contributed by atoms with Gasteiger partial charge in [0.15, 0.2) is 0 Å². The van der Waals surface area contributed by atoms with Gasteiger partial charge in [-0.1, -0.05) is 42.5 Å². The van der Waals surface area contributed by atoms with Gasteiger partial charge in [-0.25, -0.2) is 4.39 Å². The Bertz CT molecular complexity index is 789. The van der Waals surface area contributed by atoms with Crippen molar-refractivity contribution in [3.63, 3.8) is 0 Å². The summed E-state index contributed by atoms with van der Waals surface area (Å²) in [7, 11) is 0. The maximum absolute atomic E-state index is 13.2. The van der Waals surface area contributed by atoms with Gasteiger partial charge in [-0.3, -0.25) is 0 Å². The van der Waals surface area contributed by atoms with Gasteiger partial charge < -0.3 is 5.11 Å². The fourth-order valence-corrected chi connectivity index (χ4v) is 2.97. The lowest BCUT2D eigenvalue weighted by atomic mass is 9.88. The average molecular weight is 280 g/mol. The fourth-order valence-electron chi connectivity index (χ4n) is 2.97. The van der Waals surface area contributed by atoms with E-state index >= 15 is 0 Å². The Morgan fingerprint density at radius 1 is 1.00 bits per heavy atom. The molecule has 3 aromatic carbocycles. The highest BCUT2D eigenvalue weighted by Crippen LogP contribution is 2.37. The third-order valence-corrected chi connectivity index (χ3v) is 3.85. The van der Waals surface area contributed by atoms with E-state index in [4.69, 9.17) is 0 Å². The number of aryl methyl sites for hydroxylation is 1. The highest BCUT2D eigenvalue weighted by atomic mass is 19.1. The summed E-state index contributed by atoms with van der Waals surface area (Å²) in [6.45, 7) is 3.77. The Hall–Kier alpha value is -2.19. The second-order valence-corrected chi connectivity index (χ2v) is 5.39. The molecule has 2 heteroatoms. The molecule has 0 aliphatic rings. The van der Waals surface area contributed by atoms with E-state index in [0.717, 1.165) is 33.0 Å². The van der Waals surface area contributed by atoms with E-state index in [-0.39, 0.29) is 5.82 Å². The van der Waals surface area contributed by atoms with Gasteiger partial charge in [0, 0.05) is 0 Å². The first-order valence-corrected chi connectivity index (χ1v) is 7.04. The Kier molecular flexibility index (Phi) is 3.48. The Balaban J connectivity index is 2.41. The molecular weight excluding hydrogens is 263 g/mol. The highest BCUT2D eigenvalue weighted by molar-refractivity contribution is 5.99. The molecule has 1 atom stereocenters. The SMILES string of the molecule is Cc1cc2ccccc2c(-c2ccc(F)cc2)c1C(C)O. The lowest BCUT2D eigenvalue weighted by Gasteiger charge is -2.18. The van der Waals surface area contributed by atoms with E-state index in [2.05, 4.69) is 12.1 Å². The van der Waals surface area contributed by atoms with Crippen LogP contribution in [0.15, 0.2) is 54.6 Å². The number of aliphatic hydroxyl groups excluding tert-OH is 1. The van der Waals surface area contributed by atoms with Gasteiger partial charge in [-0.2, -0.15) is 0 Å². The molecule has 1 unspecified atom stereocenters. The zero-order chi connectivity index (χ0) is 15.0. The van der Waals surface area contributed by atoms with Crippen molar-refractivity contribution in [1.29, 1.82) is 0 Å². The first-order chi connectivity index (χ1) is 10.1. The molecule has 0 heterocycles. The normalized spacial score (nSPS) is 12.6. The van der Waals surface area contributed by atoms with Crippen LogP contribution in [0.4, 0.5) is 4.39 Å². The van der Waals surface area contributed by atoms with Crippen molar-refractivity contribution in [3.8, 4) is 11.1 Å². The van der Waals surface area contributed by atoms with E-state index in [9.17, 15) is 9.50 Å². The minimum atomic E-state index is -0.574. The molecular formula is C19H17FO. The molecule has 0 spiro atoms. The number of hydrogen-bond donors (Lipinski definition) is 1. The van der Waals surface area contributed by atoms with Gasteiger partial charge in [-0.15, -0.1) is 0 Å². The van der Waals surface area contributed by atoms with Gasteiger partial charge in [0.25, 0.3) is 0 Å². The van der Waals surface area contributed by atoms with Crippen molar-refractivity contribution in [1.82, 2.24) is 0 Å². The Labute approximate surface area is 123 Å². The molecule has 3 aromatic rings. The van der Waals surface area contributed by atoms with E-state index in [1.54, 1.807) is 19.1 Å². The van der Waals surface area contributed by atoms with Crippen LogP contribution in [0.5, 0.6) is 0 Å². The second kappa shape index (κ2) is 5.30. The number of aliphatic hydroxyl groups is 1. The monoisotopic (exact) mass is 280 g/mol. The van der Waals surface area contributed by atoms with Gasteiger partial charge in [0.05, 0.1) is 6.10 Å². The topological polar surface area (TPSA) is 20.2 Å². The van der Waals surface area contributed by atoms with Crippen LogP contribution >= 0.6 is 0 Å². The molecule has 0 saturated heterocycles. The van der Waals surface area contributed by atoms with Crippen molar-refractivity contribution < 1.29 is 9.50 Å². The summed E-state index contributed by atoms with van der Waals surface area (Å²) in [4.78, 5) is 0. The smallest absolute Gasteiger partial charge is 0.123 e. The van der Waals surface area contributed by atoms with Crippen molar-refractivity contribution in [2.45, 2.75) is 20.0 Å². The quantitative estimate of drug-likeness (QED) is 0.699. The number of fused-ring (bicyclic) bond motifs is 1. The summed E-state index contributed by atoms with van der Waals surface area (Å²) < 4.78 is 13.2. The van der Waals surface area contributed by atoms with E-state index < -0.39 is 6.10 Å². The van der Waals surface area contributed by atoms with Crippen LogP contribution in [-0.2, 0) is 0 Å². The minimum Gasteiger partial charge on any atom is -0.389 e. The molecule has 1 nitrogen and oxygen atoms in total. The summed E-state index contributed by atoms with van der Waals surface area (Å²) >= 11 is 0. The highest BCUT2D eigenvalue weighted by Gasteiger charge is 2.16. The van der Waals surface area contributed by atoms with Crippen molar-refractivity contribution in [3.05, 3.63) is 71.5 Å². The zero-order valence-corrected chi connectivity index (χ0v) is 12.1. The van der Waals surface area contributed by atoms with Crippen LogP contribution in [0, 0.1) is 12.7 Å². The van der Waals surface area contributed by atoms with Crippen LogP contribution in [0.2, 0.25) is 0 Å². The first-order valence-electron chi connectivity index (χ1n) is 7.04. The Morgan fingerprint density at radius 2 is 1.67 bits per heavy atom. The van der Waals surface area contributed by atoms with E-state index in [1.165, 1.54) is 12.1 Å². The molecule has 0 bridgehead atoms. The van der Waals surface area contributed by atoms with E-state index in [0.29, 0.717) is 0 Å². The molecule has 21 heavy (non-hydrogen) atoms. The third kappa shape index (κ3) is 2.43. The average Bonchev–Trinajstić information content (AvgIpc) is 2.46. The van der Waals surface area contributed by atoms with Crippen molar-refractivity contribution in [2.24, 2.45) is 0 Å². The molecule has 0 aromatic heterocycles. The molecule has 0 saturated carbocycles. The first kappa shape index (κ1) is 13.8. The van der Waals surface area contributed by atoms with Crippen LogP contribution in [0.25, 0.3) is 21.9 Å². The number of rotatable bonds is 2. The van der Waals surface area contributed by atoms with Crippen molar-refractivity contribution in [2.75, 3.05) is 0 Å². The predicted octanol–water partition coefficient (Wildman–Crippen LogP) is 5.01. The summed E-state index contributed by atoms with van der Waals surface area (Å²) in [5, 5.41) is 12.4. The summed E-state index contributed by atoms with van der Waals surface area (Å²) in [5.41, 5.74) is 3.86. The molecule has 0 fully saturated rings.